The first kappa shape index (κ1) is 12.7. The summed E-state index contributed by atoms with van der Waals surface area (Å²) in [6.07, 6.45) is 7.83. The standard InChI is InChI=1S/C14H9BBrF2N3/c16-10-5-6-11(19-9-10)14-12-3-1-7-20(12)15(17,18)21-8-2-4-13(14)21/h1-9H. The summed E-state index contributed by atoms with van der Waals surface area (Å²) in [5, 5.41) is 0. The minimum atomic E-state index is -3.84. The largest absolute Gasteiger partial charge is 0.737 e. The van der Waals surface area contributed by atoms with E-state index in [2.05, 4.69) is 20.9 Å². The van der Waals surface area contributed by atoms with Crippen LogP contribution in [0.5, 0.6) is 0 Å². The second-order valence-electron chi connectivity index (χ2n) is 4.93. The topological polar surface area (TPSA) is 20.8 Å². The Hall–Kier alpha value is -2.02. The zero-order chi connectivity index (χ0) is 14.6. The summed E-state index contributed by atoms with van der Waals surface area (Å²) in [5.41, 5.74) is 2.36. The molecule has 0 bridgehead atoms. The van der Waals surface area contributed by atoms with Crippen molar-refractivity contribution < 1.29 is 13.1 Å². The molecule has 7 heteroatoms. The summed E-state index contributed by atoms with van der Waals surface area (Å²) in [6, 6.07) is 7.01. The lowest BCUT2D eigenvalue weighted by Gasteiger charge is -2.30. The molecule has 2 aromatic rings. The summed E-state index contributed by atoms with van der Waals surface area (Å²) in [7, 11) is 0. The van der Waals surface area contributed by atoms with Gasteiger partial charge in [0.2, 0.25) is 0 Å². The molecule has 0 unspecified atom stereocenters. The molecular weight excluding hydrogens is 339 g/mol. The first-order valence-electron chi connectivity index (χ1n) is 6.45. The molecular formula is C14H9BBrF2N3. The maximum absolute atomic E-state index is 14.6. The van der Waals surface area contributed by atoms with Crippen LogP contribution in [0.4, 0.5) is 8.63 Å². The Morgan fingerprint density at radius 1 is 1.24 bits per heavy atom. The van der Waals surface area contributed by atoms with E-state index in [9.17, 15) is 8.63 Å². The first-order valence-corrected chi connectivity index (χ1v) is 7.24. The molecule has 0 spiro atoms. The van der Waals surface area contributed by atoms with Gasteiger partial charge in [-0.1, -0.05) is 0 Å². The van der Waals surface area contributed by atoms with Crippen LogP contribution in [0.2, 0.25) is 0 Å². The zero-order valence-corrected chi connectivity index (χ0v) is 12.3. The van der Waals surface area contributed by atoms with Gasteiger partial charge in [-0.3, -0.25) is 4.98 Å². The average molecular weight is 348 g/mol. The maximum atomic E-state index is 14.6. The molecule has 0 aliphatic carbocycles. The Balaban J connectivity index is 2.04. The van der Waals surface area contributed by atoms with E-state index in [1.807, 2.05) is 12.1 Å². The van der Waals surface area contributed by atoms with Crippen LogP contribution in [-0.2, 0) is 0 Å². The van der Waals surface area contributed by atoms with Crippen LogP contribution in [0.25, 0.3) is 5.57 Å². The van der Waals surface area contributed by atoms with E-state index < -0.39 is 6.97 Å². The number of rotatable bonds is 1. The van der Waals surface area contributed by atoms with Gasteiger partial charge >= 0.3 is 6.97 Å². The zero-order valence-electron chi connectivity index (χ0n) is 10.7. The summed E-state index contributed by atoms with van der Waals surface area (Å²) in [5.74, 6) is 0. The lowest BCUT2D eigenvalue weighted by atomic mass is 9.88. The molecule has 2 aliphatic heterocycles. The van der Waals surface area contributed by atoms with Gasteiger partial charge in [-0.05, 0) is 46.4 Å². The van der Waals surface area contributed by atoms with Crippen LogP contribution >= 0.6 is 15.9 Å². The van der Waals surface area contributed by atoms with Crippen LogP contribution in [0.1, 0.15) is 11.4 Å². The number of halogens is 3. The second kappa shape index (κ2) is 4.24. The molecule has 21 heavy (non-hydrogen) atoms. The smallest absolute Gasteiger partial charge is 0.396 e. The van der Waals surface area contributed by atoms with Crippen molar-refractivity contribution in [2.75, 3.05) is 0 Å². The third-order valence-electron chi connectivity index (χ3n) is 3.72. The van der Waals surface area contributed by atoms with Crippen molar-refractivity contribution in [3.63, 3.8) is 0 Å². The molecule has 4 rings (SSSR count). The van der Waals surface area contributed by atoms with E-state index in [1.54, 1.807) is 30.5 Å². The third kappa shape index (κ3) is 1.70. The van der Waals surface area contributed by atoms with Crippen LogP contribution in [0, 0.1) is 0 Å². The lowest BCUT2D eigenvalue weighted by Crippen LogP contribution is -2.49. The normalized spacial score (nSPS) is 18.5. The van der Waals surface area contributed by atoms with Crippen LogP contribution < -0.4 is 0 Å². The van der Waals surface area contributed by atoms with E-state index in [-0.39, 0.29) is 0 Å². The van der Waals surface area contributed by atoms with Gasteiger partial charge in [0.15, 0.2) is 5.70 Å². The van der Waals surface area contributed by atoms with Crippen LogP contribution in [0.3, 0.4) is 0 Å². The molecule has 0 radical (unpaired) electrons. The quantitative estimate of drug-likeness (QED) is 0.725. The monoisotopic (exact) mass is 347 g/mol. The van der Waals surface area contributed by atoms with E-state index in [0.29, 0.717) is 22.7 Å². The molecule has 0 atom stereocenters. The summed E-state index contributed by atoms with van der Waals surface area (Å²) in [6.45, 7) is -3.84. The Bertz CT molecular complexity index is 834. The predicted molar refractivity (Wildman–Crippen MR) is 81.2 cm³/mol. The van der Waals surface area contributed by atoms with Gasteiger partial charge in [0, 0.05) is 28.5 Å². The number of allylic oxidation sites excluding steroid dienone is 2. The maximum Gasteiger partial charge on any atom is 0.737 e. The third-order valence-corrected chi connectivity index (χ3v) is 4.19. The number of pyridine rings is 1. The second-order valence-corrected chi connectivity index (χ2v) is 5.84. The van der Waals surface area contributed by atoms with Crippen LogP contribution in [0.15, 0.2) is 59.0 Å². The molecule has 0 N–H and O–H groups in total. The lowest BCUT2D eigenvalue weighted by molar-refractivity contribution is -0.356. The highest BCUT2D eigenvalue weighted by Gasteiger charge is 2.51. The van der Waals surface area contributed by atoms with Gasteiger partial charge in [-0.15, -0.1) is 0 Å². The van der Waals surface area contributed by atoms with Crippen molar-refractivity contribution in [3.05, 3.63) is 70.4 Å². The molecule has 3 nitrogen and oxygen atoms in total. The van der Waals surface area contributed by atoms with Gasteiger partial charge in [0.05, 0.1) is 11.3 Å². The van der Waals surface area contributed by atoms with E-state index in [0.717, 1.165) is 13.4 Å². The molecule has 0 fully saturated rings. The number of fused-ring (bicyclic) bond motifs is 2. The van der Waals surface area contributed by atoms with Gasteiger partial charge in [0.25, 0.3) is 0 Å². The predicted octanol–water partition coefficient (Wildman–Crippen LogP) is 3.29. The van der Waals surface area contributed by atoms with E-state index >= 15 is 0 Å². The number of nitrogens with zero attached hydrogens (tertiary/aromatic N) is 3. The van der Waals surface area contributed by atoms with Crippen molar-refractivity contribution in [1.82, 2.24) is 9.46 Å². The summed E-state index contributed by atoms with van der Waals surface area (Å²) < 4.78 is 32.0. The fourth-order valence-electron chi connectivity index (χ4n) is 2.80. The summed E-state index contributed by atoms with van der Waals surface area (Å²) >= 11 is 3.34. The highest BCUT2D eigenvalue weighted by Crippen LogP contribution is 2.37. The molecule has 104 valence electrons. The molecule has 2 aliphatic rings. The van der Waals surface area contributed by atoms with E-state index in [1.165, 1.54) is 12.4 Å². The molecule has 0 aromatic carbocycles. The van der Waals surface area contributed by atoms with Crippen molar-refractivity contribution in [1.29, 1.82) is 0 Å². The number of hydrogen-bond acceptors (Lipinski definition) is 1. The highest BCUT2D eigenvalue weighted by atomic mass is 79.9. The first-order chi connectivity index (χ1) is 10.1. The minimum Gasteiger partial charge on any atom is -0.396 e. The minimum absolute atomic E-state index is 0.487. The molecule has 4 heterocycles. The molecule has 2 aromatic heterocycles. The van der Waals surface area contributed by atoms with Crippen molar-refractivity contribution in [3.8, 4) is 0 Å². The van der Waals surface area contributed by atoms with Gasteiger partial charge in [-0.25, -0.2) is 0 Å². The van der Waals surface area contributed by atoms with Crippen molar-refractivity contribution in [2.45, 2.75) is 0 Å². The van der Waals surface area contributed by atoms with E-state index in [4.69, 9.17) is 0 Å². The molecule has 0 saturated carbocycles. The fraction of sp³-hybridized carbons (Fsp3) is 0. The Kier molecular flexibility index (Phi) is 2.56. The highest BCUT2D eigenvalue weighted by molar-refractivity contribution is 9.10. The van der Waals surface area contributed by atoms with Crippen molar-refractivity contribution in [2.24, 2.45) is 0 Å². The van der Waals surface area contributed by atoms with Crippen LogP contribution in [-0.4, -0.2) is 27.1 Å². The van der Waals surface area contributed by atoms with Gasteiger partial charge < -0.3 is 17.6 Å². The summed E-state index contributed by atoms with van der Waals surface area (Å²) in [4.78, 5) is 4.36. The van der Waals surface area contributed by atoms with Crippen molar-refractivity contribution >= 4 is 34.7 Å². The SMILES string of the molecule is F[B-]1(F)n2cccc2C(c2ccc(Br)cn2)=C2C=CC=[N+]21. The number of aromatic nitrogens is 2. The Labute approximate surface area is 128 Å². The van der Waals surface area contributed by atoms with Gasteiger partial charge in [0.1, 0.15) is 6.21 Å². The molecule has 0 amide bonds. The average Bonchev–Trinajstić information content (AvgIpc) is 3.10. The number of hydrogen-bond donors (Lipinski definition) is 0. The Morgan fingerprint density at radius 3 is 2.86 bits per heavy atom. The molecule has 0 saturated heterocycles. The van der Waals surface area contributed by atoms with Gasteiger partial charge in [-0.2, -0.15) is 0 Å². The Morgan fingerprint density at radius 2 is 2.10 bits per heavy atom. The fourth-order valence-corrected chi connectivity index (χ4v) is 3.04.